The van der Waals surface area contributed by atoms with Crippen molar-refractivity contribution in [3.8, 4) is 5.75 Å². The van der Waals surface area contributed by atoms with Gasteiger partial charge in [-0.3, -0.25) is 9.97 Å². The highest BCUT2D eigenvalue weighted by molar-refractivity contribution is 5.80. The Labute approximate surface area is 186 Å². The maximum atomic E-state index is 5.66. The summed E-state index contributed by atoms with van der Waals surface area (Å²) in [5.74, 6) is 1.92. The van der Waals surface area contributed by atoms with Gasteiger partial charge in [0.05, 0.1) is 12.4 Å². The van der Waals surface area contributed by atoms with E-state index in [0.29, 0.717) is 0 Å². The number of hydrogen-bond donors (Lipinski definition) is 0. The number of hydrogen-bond acceptors (Lipinski definition) is 4. The van der Waals surface area contributed by atoms with E-state index in [-0.39, 0.29) is 33.8 Å². The zero-order valence-electron chi connectivity index (χ0n) is 18.3. The lowest BCUT2D eigenvalue weighted by Gasteiger charge is -2.21. The fourth-order valence-corrected chi connectivity index (χ4v) is 2.77. The second-order valence-electron chi connectivity index (χ2n) is 6.51. The summed E-state index contributed by atoms with van der Waals surface area (Å²) in [5.41, 5.74) is 3.48. The van der Waals surface area contributed by atoms with Crippen molar-refractivity contribution in [2.24, 2.45) is 0 Å². The molecule has 0 spiro atoms. The Morgan fingerprint density at radius 2 is 1.40 bits per heavy atom. The van der Waals surface area contributed by atoms with Crippen LogP contribution < -0.4 is 4.74 Å². The number of furan rings is 1. The molecule has 1 aliphatic rings. The number of rotatable bonds is 0. The van der Waals surface area contributed by atoms with E-state index in [1.807, 2.05) is 52.9 Å². The molecule has 1 atom stereocenters. The topological polar surface area (TPSA) is 48.2 Å². The maximum Gasteiger partial charge on any atom is 0.152 e. The van der Waals surface area contributed by atoms with Gasteiger partial charge in [0.25, 0.3) is 0 Å². The number of aryl methyl sites for hydroxylation is 2. The van der Waals surface area contributed by atoms with Gasteiger partial charge in [-0.15, -0.1) is 0 Å². The Hall–Kier alpha value is -2.36. The highest BCUT2D eigenvalue weighted by atomic mass is 16.5. The Morgan fingerprint density at radius 3 is 1.93 bits per heavy atom. The molecule has 4 heteroatoms. The van der Waals surface area contributed by atoms with E-state index in [1.165, 1.54) is 11.1 Å². The number of pyridine rings is 2. The first-order chi connectivity index (χ1) is 12.9. The minimum atomic E-state index is 0. The largest absolute Gasteiger partial charge is 0.488 e. The number of fused-ring (bicyclic) bond motifs is 2. The lowest BCUT2D eigenvalue weighted by atomic mass is 9.82. The molecular formula is C26H46N2O2. The molecule has 0 radical (unpaired) electrons. The maximum absolute atomic E-state index is 5.66. The Bertz CT molecular complexity index is 838. The normalized spacial score (nSPS) is 14.2. The molecule has 4 rings (SSSR count). The summed E-state index contributed by atoms with van der Waals surface area (Å²) in [7, 11) is 0. The number of ether oxygens (including phenoxy) is 1. The fourth-order valence-electron chi connectivity index (χ4n) is 2.77. The van der Waals surface area contributed by atoms with Crippen molar-refractivity contribution < 1.29 is 9.15 Å². The number of nitrogens with zero attached hydrogens (tertiary/aromatic N) is 2. The molecule has 0 saturated carbocycles. The lowest BCUT2D eigenvalue weighted by Crippen LogP contribution is -2.28. The Balaban J connectivity index is -0.000000385. The zero-order valence-corrected chi connectivity index (χ0v) is 18.3. The first-order valence-electron chi connectivity index (χ1n) is 9.82. The van der Waals surface area contributed by atoms with Gasteiger partial charge in [-0.2, -0.15) is 0 Å². The van der Waals surface area contributed by atoms with Crippen LogP contribution in [0.25, 0.3) is 11.0 Å². The van der Waals surface area contributed by atoms with Crippen molar-refractivity contribution in [2.45, 2.75) is 96.1 Å². The van der Waals surface area contributed by atoms with Gasteiger partial charge >= 0.3 is 0 Å². The van der Waals surface area contributed by atoms with Gasteiger partial charge in [0.15, 0.2) is 5.58 Å². The highest BCUT2D eigenvalue weighted by Crippen LogP contribution is 2.41. The molecule has 30 heavy (non-hydrogen) atoms. The molecule has 0 saturated heterocycles. The molecule has 0 aliphatic carbocycles. The second kappa shape index (κ2) is 14.6. The molecule has 4 nitrogen and oxygen atoms in total. The fraction of sp³-hybridized carbons (Fsp3) is 0.538. The van der Waals surface area contributed by atoms with Crippen LogP contribution in [0.4, 0.5) is 0 Å². The van der Waals surface area contributed by atoms with Gasteiger partial charge in [-0.25, -0.2) is 0 Å². The first-order valence-corrected chi connectivity index (χ1v) is 9.82. The third kappa shape index (κ3) is 6.86. The first kappa shape index (κ1) is 32.3. The predicted octanol–water partition coefficient (Wildman–Crippen LogP) is 8.55. The van der Waals surface area contributed by atoms with Gasteiger partial charge in [0.2, 0.25) is 0 Å². The van der Waals surface area contributed by atoms with E-state index in [0.717, 1.165) is 22.5 Å². The third-order valence-electron chi connectivity index (χ3n) is 4.78. The van der Waals surface area contributed by atoms with E-state index in [9.17, 15) is 0 Å². The molecule has 0 amide bonds. The number of aromatic nitrogens is 2. The van der Waals surface area contributed by atoms with Gasteiger partial charge in [0, 0.05) is 28.8 Å². The van der Waals surface area contributed by atoms with Crippen LogP contribution in [0.1, 0.15) is 87.6 Å². The van der Waals surface area contributed by atoms with Gasteiger partial charge in [-0.1, -0.05) is 63.8 Å². The molecule has 4 heterocycles. The summed E-state index contributed by atoms with van der Waals surface area (Å²) in [5, 5.41) is 1.16. The molecule has 0 N–H and O–H groups in total. The molecule has 3 aromatic rings. The molecule has 172 valence electrons. The Morgan fingerprint density at radius 1 is 0.867 bits per heavy atom. The van der Waals surface area contributed by atoms with Crippen molar-refractivity contribution in [1.29, 1.82) is 0 Å². The summed E-state index contributed by atoms with van der Waals surface area (Å²) >= 11 is 0. The lowest BCUT2D eigenvalue weighted by molar-refractivity contribution is 0.185. The van der Waals surface area contributed by atoms with Gasteiger partial charge in [0.1, 0.15) is 17.6 Å². The minimum Gasteiger partial charge on any atom is -0.488 e. The van der Waals surface area contributed by atoms with E-state index in [2.05, 4.69) is 37.7 Å². The third-order valence-corrected chi connectivity index (χ3v) is 4.78. The van der Waals surface area contributed by atoms with Crippen LogP contribution >= 0.6 is 0 Å². The second-order valence-corrected chi connectivity index (χ2v) is 6.51. The summed E-state index contributed by atoms with van der Waals surface area (Å²) < 4.78 is 11.1. The van der Waals surface area contributed by atoms with Crippen LogP contribution in [0, 0.1) is 13.8 Å². The predicted molar refractivity (Wildman–Crippen MR) is 134 cm³/mol. The monoisotopic (exact) mass is 418 g/mol. The zero-order chi connectivity index (χ0) is 20.6. The SMILES string of the molecule is C.C.C.CC.CC.CC1Oc2cnccc2C1(C)C.Cc1oc2cnccc2c1C. The van der Waals surface area contributed by atoms with Crippen LogP contribution in [0.15, 0.2) is 41.3 Å². The summed E-state index contributed by atoms with van der Waals surface area (Å²) in [6.45, 7) is 18.5. The van der Waals surface area contributed by atoms with Crippen LogP contribution in [-0.2, 0) is 5.41 Å². The summed E-state index contributed by atoms with van der Waals surface area (Å²) in [6, 6.07) is 4.01. The molecule has 0 bridgehead atoms. The molecule has 0 aromatic carbocycles. The quantitative estimate of drug-likeness (QED) is 0.367. The van der Waals surface area contributed by atoms with E-state index < -0.39 is 0 Å². The van der Waals surface area contributed by atoms with Crippen LogP contribution in [0.2, 0.25) is 0 Å². The average molecular weight is 419 g/mol. The molecule has 1 unspecified atom stereocenters. The van der Waals surface area contributed by atoms with E-state index >= 15 is 0 Å². The summed E-state index contributed by atoms with van der Waals surface area (Å²) in [4.78, 5) is 8.00. The smallest absolute Gasteiger partial charge is 0.152 e. The van der Waals surface area contributed by atoms with E-state index in [4.69, 9.17) is 9.15 Å². The highest BCUT2D eigenvalue weighted by Gasteiger charge is 2.38. The molecule has 1 aliphatic heterocycles. The molecular weight excluding hydrogens is 372 g/mol. The molecule has 0 fully saturated rings. The van der Waals surface area contributed by atoms with Crippen LogP contribution in [0.3, 0.4) is 0 Å². The van der Waals surface area contributed by atoms with Gasteiger partial charge < -0.3 is 9.15 Å². The van der Waals surface area contributed by atoms with Crippen molar-refractivity contribution in [3.63, 3.8) is 0 Å². The van der Waals surface area contributed by atoms with Crippen molar-refractivity contribution >= 4 is 11.0 Å². The summed E-state index contributed by atoms with van der Waals surface area (Å²) in [6.07, 6.45) is 7.39. The van der Waals surface area contributed by atoms with Crippen molar-refractivity contribution in [3.05, 3.63) is 53.8 Å². The standard InChI is InChI=1S/C10H13NO.C9H9NO.2C2H6.3CH4/c1-7-10(2,3)8-4-5-11-6-9(8)12-7;1-6-7(2)11-9-5-10-4-3-8(6)9;2*1-2;;;/h4-7H,1-3H3;3-5H,1-2H3;2*1-2H3;3*1H4. The van der Waals surface area contributed by atoms with Crippen molar-refractivity contribution in [2.75, 3.05) is 0 Å². The van der Waals surface area contributed by atoms with Gasteiger partial charge in [-0.05, 0) is 38.5 Å². The average Bonchev–Trinajstić information content (AvgIpc) is 3.12. The minimum absolute atomic E-state index is 0. The van der Waals surface area contributed by atoms with Crippen molar-refractivity contribution in [1.82, 2.24) is 9.97 Å². The Kier molecular flexibility index (Phi) is 15.7. The van der Waals surface area contributed by atoms with Crippen LogP contribution in [0.5, 0.6) is 5.75 Å². The van der Waals surface area contributed by atoms with E-state index in [1.54, 1.807) is 18.6 Å². The molecule has 3 aromatic heterocycles. The van der Waals surface area contributed by atoms with Crippen LogP contribution in [-0.4, -0.2) is 16.1 Å².